The molecule has 0 fully saturated rings. The highest BCUT2D eigenvalue weighted by Crippen LogP contribution is 2.23. The number of anilines is 2. The predicted molar refractivity (Wildman–Crippen MR) is 122 cm³/mol. The molecule has 2 amide bonds. The van der Waals surface area contributed by atoms with Gasteiger partial charge in [-0.25, -0.2) is 14.4 Å². The molecule has 3 aromatic rings. The molecule has 0 saturated heterocycles. The van der Waals surface area contributed by atoms with E-state index in [1.807, 2.05) is 22.6 Å². The van der Waals surface area contributed by atoms with Gasteiger partial charge in [-0.05, 0) is 42.8 Å². The van der Waals surface area contributed by atoms with E-state index in [2.05, 4.69) is 27.1 Å². The summed E-state index contributed by atoms with van der Waals surface area (Å²) in [6, 6.07) is 12.8. The molecule has 4 rings (SSSR count). The molecule has 1 N–H and O–H groups in total. The quantitative estimate of drug-likeness (QED) is 0.176. The van der Waals surface area contributed by atoms with E-state index in [1.165, 1.54) is 17.0 Å². The SMILES string of the molecule is O=C1c2ccccc2C(=O)N1CCCC#Cc1cnc(I)nc1Nc1ccc(F)cc1. The standard InChI is InChI=1S/C23H16FIN4O2/c24-16-9-11-17(12-10-16)27-20-15(14-26-23(25)28-20)6-2-1-5-13-29-21(30)18-7-3-4-8-19(18)22(29)31/h3-4,7-12,14H,1,5,13H2,(H,26,27,28). The molecule has 31 heavy (non-hydrogen) atoms. The molecule has 0 atom stereocenters. The highest BCUT2D eigenvalue weighted by atomic mass is 127. The molecule has 6 nitrogen and oxygen atoms in total. The minimum atomic E-state index is -0.319. The maximum absolute atomic E-state index is 13.1. The number of amides is 2. The monoisotopic (exact) mass is 526 g/mol. The number of carbonyl (C=O) groups excluding carboxylic acids is 2. The fourth-order valence-corrected chi connectivity index (χ4v) is 3.52. The zero-order valence-corrected chi connectivity index (χ0v) is 18.4. The van der Waals surface area contributed by atoms with Crippen LogP contribution in [0.2, 0.25) is 0 Å². The van der Waals surface area contributed by atoms with Crippen molar-refractivity contribution >= 4 is 45.9 Å². The lowest BCUT2D eigenvalue weighted by Gasteiger charge is -2.12. The first-order valence-electron chi connectivity index (χ1n) is 9.52. The Morgan fingerprint density at radius 1 is 1.03 bits per heavy atom. The van der Waals surface area contributed by atoms with E-state index in [0.29, 0.717) is 51.4 Å². The summed E-state index contributed by atoms with van der Waals surface area (Å²) in [7, 11) is 0. The van der Waals surface area contributed by atoms with Gasteiger partial charge in [-0.1, -0.05) is 24.0 Å². The normalized spacial score (nSPS) is 12.4. The van der Waals surface area contributed by atoms with Crippen LogP contribution in [0.5, 0.6) is 0 Å². The van der Waals surface area contributed by atoms with Crippen LogP contribution in [0.4, 0.5) is 15.9 Å². The number of rotatable bonds is 5. The number of aromatic nitrogens is 2. The van der Waals surface area contributed by atoms with E-state index in [-0.39, 0.29) is 17.6 Å². The van der Waals surface area contributed by atoms with E-state index in [0.717, 1.165) is 0 Å². The van der Waals surface area contributed by atoms with Gasteiger partial charge in [0.1, 0.15) is 5.82 Å². The van der Waals surface area contributed by atoms with E-state index in [9.17, 15) is 14.0 Å². The first kappa shape index (κ1) is 20.9. The fourth-order valence-electron chi connectivity index (χ4n) is 3.14. The second kappa shape index (κ2) is 9.22. The summed E-state index contributed by atoms with van der Waals surface area (Å²) < 4.78 is 13.7. The molecule has 0 spiro atoms. The first-order valence-corrected chi connectivity index (χ1v) is 10.6. The van der Waals surface area contributed by atoms with Crippen LogP contribution in [-0.2, 0) is 0 Å². The lowest BCUT2D eigenvalue weighted by Crippen LogP contribution is -2.30. The molecule has 0 aliphatic carbocycles. The number of hydrogen-bond acceptors (Lipinski definition) is 5. The molecule has 0 unspecified atom stereocenters. The first-order chi connectivity index (χ1) is 15.0. The Hall–Kier alpha value is -3.32. The van der Waals surface area contributed by atoms with E-state index >= 15 is 0 Å². The molecule has 1 aliphatic heterocycles. The van der Waals surface area contributed by atoms with Gasteiger partial charge < -0.3 is 5.32 Å². The maximum atomic E-state index is 13.1. The third-order valence-electron chi connectivity index (χ3n) is 4.65. The van der Waals surface area contributed by atoms with Gasteiger partial charge in [-0.15, -0.1) is 0 Å². The Morgan fingerprint density at radius 3 is 2.39 bits per heavy atom. The summed E-state index contributed by atoms with van der Waals surface area (Å²) in [6.07, 6.45) is 2.68. The Morgan fingerprint density at radius 2 is 1.71 bits per heavy atom. The molecular formula is C23H16FIN4O2. The maximum Gasteiger partial charge on any atom is 0.261 e. The van der Waals surface area contributed by atoms with Gasteiger partial charge in [-0.2, -0.15) is 0 Å². The van der Waals surface area contributed by atoms with Gasteiger partial charge in [0.25, 0.3) is 11.8 Å². The Labute approximate surface area is 192 Å². The minimum Gasteiger partial charge on any atom is -0.339 e. The van der Waals surface area contributed by atoms with Gasteiger partial charge in [0.2, 0.25) is 0 Å². The molecule has 2 aromatic carbocycles. The summed E-state index contributed by atoms with van der Waals surface area (Å²) in [5.41, 5.74) is 2.19. The number of nitrogens with zero attached hydrogens (tertiary/aromatic N) is 3. The third-order valence-corrected chi connectivity index (χ3v) is 5.17. The van der Waals surface area contributed by atoms with Crippen LogP contribution in [0.1, 0.15) is 39.1 Å². The van der Waals surface area contributed by atoms with Crippen molar-refractivity contribution in [3.8, 4) is 11.8 Å². The lowest BCUT2D eigenvalue weighted by atomic mass is 10.1. The Kier molecular flexibility index (Phi) is 6.23. The van der Waals surface area contributed by atoms with Crippen LogP contribution in [-0.4, -0.2) is 33.2 Å². The van der Waals surface area contributed by atoms with Crippen LogP contribution in [0.25, 0.3) is 0 Å². The second-order valence-corrected chi connectivity index (χ2v) is 7.71. The number of unbranched alkanes of at least 4 members (excludes halogenated alkanes) is 1. The van der Waals surface area contributed by atoms with Crippen molar-refractivity contribution in [2.75, 3.05) is 11.9 Å². The summed E-state index contributed by atoms with van der Waals surface area (Å²) >= 11 is 2.01. The Bertz CT molecular complexity index is 1180. The number of hydrogen-bond donors (Lipinski definition) is 1. The number of nitrogens with one attached hydrogen (secondary N) is 1. The smallest absolute Gasteiger partial charge is 0.261 e. The van der Waals surface area contributed by atoms with Crippen LogP contribution < -0.4 is 5.32 Å². The third kappa shape index (κ3) is 4.72. The van der Waals surface area contributed by atoms with Crippen LogP contribution in [0, 0.1) is 21.5 Å². The molecule has 8 heteroatoms. The number of halogens is 2. The van der Waals surface area contributed by atoms with Crippen molar-refractivity contribution in [1.82, 2.24) is 14.9 Å². The van der Waals surface area contributed by atoms with Gasteiger partial charge in [-0.3, -0.25) is 14.5 Å². The molecule has 1 aromatic heterocycles. The van der Waals surface area contributed by atoms with Gasteiger partial charge in [0.05, 0.1) is 16.7 Å². The van der Waals surface area contributed by atoms with E-state index in [1.54, 1.807) is 42.6 Å². The molecule has 0 radical (unpaired) electrons. The van der Waals surface area contributed by atoms with Crippen molar-refractivity contribution in [2.45, 2.75) is 12.8 Å². The second-order valence-electron chi connectivity index (χ2n) is 6.75. The predicted octanol–water partition coefficient (Wildman–Crippen LogP) is 4.39. The number of fused-ring (bicyclic) bond motifs is 1. The zero-order valence-electron chi connectivity index (χ0n) is 16.2. The number of imide groups is 1. The molecule has 0 bridgehead atoms. The van der Waals surface area contributed by atoms with Crippen molar-refractivity contribution in [2.24, 2.45) is 0 Å². The molecular weight excluding hydrogens is 510 g/mol. The highest BCUT2D eigenvalue weighted by Gasteiger charge is 2.34. The average Bonchev–Trinajstić information content (AvgIpc) is 3.01. The summed E-state index contributed by atoms with van der Waals surface area (Å²) in [5.74, 6) is 5.77. The topological polar surface area (TPSA) is 75.2 Å². The molecule has 2 heterocycles. The Balaban J connectivity index is 1.39. The van der Waals surface area contributed by atoms with Crippen LogP contribution in [0.3, 0.4) is 0 Å². The number of carbonyl (C=O) groups is 2. The van der Waals surface area contributed by atoms with Gasteiger partial charge in [0.15, 0.2) is 9.65 Å². The van der Waals surface area contributed by atoms with Gasteiger partial charge >= 0.3 is 0 Å². The summed E-state index contributed by atoms with van der Waals surface area (Å²) in [6.45, 7) is 0.310. The summed E-state index contributed by atoms with van der Waals surface area (Å²) in [4.78, 5) is 34.6. The largest absolute Gasteiger partial charge is 0.339 e. The highest BCUT2D eigenvalue weighted by molar-refractivity contribution is 14.1. The average molecular weight is 526 g/mol. The van der Waals surface area contributed by atoms with Crippen molar-refractivity contribution in [3.63, 3.8) is 0 Å². The van der Waals surface area contributed by atoms with Crippen LogP contribution in [0.15, 0.2) is 54.7 Å². The summed E-state index contributed by atoms with van der Waals surface area (Å²) in [5, 5.41) is 3.13. The van der Waals surface area contributed by atoms with Gasteiger partial charge in [0, 0.05) is 47.4 Å². The van der Waals surface area contributed by atoms with Crippen molar-refractivity contribution in [1.29, 1.82) is 0 Å². The molecule has 1 aliphatic rings. The zero-order chi connectivity index (χ0) is 21.8. The van der Waals surface area contributed by atoms with Crippen LogP contribution >= 0.6 is 22.6 Å². The minimum absolute atomic E-state index is 0.259. The van der Waals surface area contributed by atoms with E-state index < -0.39 is 0 Å². The van der Waals surface area contributed by atoms with Crippen molar-refractivity contribution < 1.29 is 14.0 Å². The number of benzene rings is 2. The lowest BCUT2D eigenvalue weighted by molar-refractivity contribution is 0.0653. The molecule has 154 valence electrons. The van der Waals surface area contributed by atoms with E-state index in [4.69, 9.17) is 0 Å². The van der Waals surface area contributed by atoms with Crippen molar-refractivity contribution in [3.05, 3.63) is 81.1 Å². The fraction of sp³-hybridized carbons (Fsp3) is 0.130. The molecule has 0 saturated carbocycles.